The molecule has 17 heavy (non-hydrogen) atoms. The molecule has 0 aliphatic carbocycles. The molecular formula is C14H23NO2. The highest BCUT2D eigenvalue weighted by molar-refractivity contribution is 5.46. The third kappa shape index (κ3) is 3.63. The lowest BCUT2D eigenvalue weighted by Crippen LogP contribution is -2.21. The van der Waals surface area contributed by atoms with E-state index in [1.807, 2.05) is 26.0 Å². The van der Waals surface area contributed by atoms with E-state index >= 15 is 0 Å². The fourth-order valence-electron chi connectivity index (χ4n) is 1.80. The average molecular weight is 237 g/mol. The molecule has 1 atom stereocenters. The van der Waals surface area contributed by atoms with Gasteiger partial charge in [-0.05, 0) is 49.9 Å². The van der Waals surface area contributed by atoms with Crippen LogP contribution >= 0.6 is 0 Å². The summed E-state index contributed by atoms with van der Waals surface area (Å²) in [6.07, 6.45) is 1.78. The van der Waals surface area contributed by atoms with Crippen molar-refractivity contribution in [2.45, 2.75) is 39.7 Å². The van der Waals surface area contributed by atoms with Crippen molar-refractivity contribution in [2.24, 2.45) is 5.73 Å². The van der Waals surface area contributed by atoms with Crippen molar-refractivity contribution in [1.82, 2.24) is 0 Å². The lowest BCUT2D eigenvalue weighted by Gasteiger charge is -2.16. The van der Waals surface area contributed by atoms with E-state index in [-0.39, 0.29) is 6.04 Å². The Morgan fingerprint density at radius 1 is 1.24 bits per heavy atom. The zero-order valence-corrected chi connectivity index (χ0v) is 11.2. The first kappa shape index (κ1) is 13.8. The van der Waals surface area contributed by atoms with Gasteiger partial charge in [-0.1, -0.05) is 6.92 Å². The van der Waals surface area contributed by atoms with Gasteiger partial charge in [0, 0.05) is 6.04 Å². The Hall–Kier alpha value is -1.22. The molecule has 0 saturated heterocycles. The summed E-state index contributed by atoms with van der Waals surface area (Å²) >= 11 is 0. The Balaban J connectivity index is 3.05. The van der Waals surface area contributed by atoms with Crippen LogP contribution in [0.25, 0.3) is 0 Å². The van der Waals surface area contributed by atoms with Gasteiger partial charge in [0.2, 0.25) is 0 Å². The molecule has 0 aliphatic heterocycles. The van der Waals surface area contributed by atoms with Crippen LogP contribution < -0.4 is 15.2 Å². The minimum atomic E-state index is 0.168. The summed E-state index contributed by atoms with van der Waals surface area (Å²) in [6.45, 7) is 6.77. The van der Waals surface area contributed by atoms with Crippen LogP contribution in [-0.4, -0.2) is 19.8 Å². The van der Waals surface area contributed by atoms with Crippen molar-refractivity contribution in [3.05, 3.63) is 23.3 Å². The van der Waals surface area contributed by atoms with E-state index in [9.17, 15) is 0 Å². The van der Waals surface area contributed by atoms with E-state index in [1.165, 1.54) is 0 Å². The van der Waals surface area contributed by atoms with E-state index < -0.39 is 0 Å². The molecular weight excluding hydrogens is 214 g/mol. The largest absolute Gasteiger partial charge is 0.496 e. The number of hydrogen-bond acceptors (Lipinski definition) is 3. The summed E-state index contributed by atoms with van der Waals surface area (Å²) in [5.74, 6) is 1.82. The van der Waals surface area contributed by atoms with Gasteiger partial charge in [0.05, 0.1) is 13.7 Å². The second-order valence-corrected chi connectivity index (χ2v) is 4.24. The zero-order valence-electron chi connectivity index (χ0n) is 11.2. The van der Waals surface area contributed by atoms with E-state index in [4.69, 9.17) is 15.2 Å². The number of nitrogens with two attached hydrogens (primary N) is 1. The highest BCUT2D eigenvalue weighted by Crippen LogP contribution is 2.29. The summed E-state index contributed by atoms with van der Waals surface area (Å²) in [5.41, 5.74) is 8.22. The molecule has 0 bridgehead atoms. The number of rotatable bonds is 6. The maximum atomic E-state index is 6.00. The molecule has 96 valence electrons. The molecule has 3 heteroatoms. The van der Waals surface area contributed by atoms with Crippen LogP contribution in [-0.2, 0) is 6.42 Å². The number of benzene rings is 1. The number of hydrogen-bond donors (Lipinski definition) is 1. The second kappa shape index (κ2) is 6.50. The lowest BCUT2D eigenvalue weighted by atomic mass is 10.0. The zero-order chi connectivity index (χ0) is 12.8. The summed E-state index contributed by atoms with van der Waals surface area (Å²) in [6, 6.07) is 4.23. The molecule has 0 fully saturated rings. The molecule has 0 saturated carbocycles. The highest BCUT2D eigenvalue weighted by Gasteiger charge is 2.11. The van der Waals surface area contributed by atoms with Crippen molar-refractivity contribution < 1.29 is 9.47 Å². The van der Waals surface area contributed by atoms with E-state index in [1.54, 1.807) is 7.11 Å². The van der Waals surface area contributed by atoms with Gasteiger partial charge < -0.3 is 15.2 Å². The maximum Gasteiger partial charge on any atom is 0.123 e. The molecule has 0 heterocycles. The van der Waals surface area contributed by atoms with Gasteiger partial charge in [0.1, 0.15) is 11.5 Å². The number of aryl methyl sites for hydroxylation is 1. The Morgan fingerprint density at radius 3 is 2.47 bits per heavy atom. The van der Waals surface area contributed by atoms with Gasteiger partial charge in [-0.15, -0.1) is 0 Å². The molecule has 0 amide bonds. The fourth-order valence-corrected chi connectivity index (χ4v) is 1.80. The molecule has 1 aromatic carbocycles. The molecule has 1 unspecified atom stereocenters. The van der Waals surface area contributed by atoms with Crippen LogP contribution in [0.4, 0.5) is 0 Å². The van der Waals surface area contributed by atoms with E-state index in [2.05, 4.69) is 6.92 Å². The van der Waals surface area contributed by atoms with Crippen LogP contribution in [0.5, 0.6) is 11.5 Å². The first-order valence-corrected chi connectivity index (χ1v) is 6.18. The van der Waals surface area contributed by atoms with Crippen LogP contribution in [0.2, 0.25) is 0 Å². The number of ether oxygens (including phenoxy) is 2. The Kier molecular flexibility index (Phi) is 5.29. The molecule has 2 N–H and O–H groups in total. The Morgan fingerprint density at radius 2 is 1.94 bits per heavy atom. The van der Waals surface area contributed by atoms with E-state index in [0.29, 0.717) is 6.61 Å². The monoisotopic (exact) mass is 237 g/mol. The van der Waals surface area contributed by atoms with Crippen LogP contribution in [0, 0.1) is 6.92 Å². The Bertz CT molecular complexity index is 363. The van der Waals surface area contributed by atoms with Crippen molar-refractivity contribution >= 4 is 0 Å². The molecule has 1 aromatic rings. The SMILES string of the molecule is CCOc1cc(C)c(OC)cc1CC(N)CC. The molecule has 0 spiro atoms. The summed E-state index contributed by atoms with van der Waals surface area (Å²) in [4.78, 5) is 0. The van der Waals surface area contributed by atoms with Gasteiger partial charge in [0.25, 0.3) is 0 Å². The van der Waals surface area contributed by atoms with Gasteiger partial charge >= 0.3 is 0 Å². The third-order valence-electron chi connectivity index (χ3n) is 2.88. The summed E-state index contributed by atoms with van der Waals surface area (Å²) < 4.78 is 11.0. The number of methoxy groups -OCH3 is 1. The van der Waals surface area contributed by atoms with Gasteiger partial charge in [-0.2, -0.15) is 0 Å². The minimum Gasteiger partial charge on any atom is -0.496 e. The first-order chi connectivity index (χ1) is 8.12. The predicted octanol–water partition coefficient (Wildman–Crippen LogP) is 2.68. The molecule has 1 rings (SSSR count). The minimum absolute atomic E-state index is 0.168. The van der Waals surface area contributed by atoms with Gasteiger partial charge in [0.15, 0.2) is 0 Å². The van der Waals surface area contributed by atoms with Crippen LogP contribution in [0.15, 0.2) is 12.1 Å². The van der Waals surface area contributed by atoms with Gasteiger partial charge in [-0.25, -0.2) is 0 Å². The van der Waals surface area contributed by atoms with Crippen molar-refractivity contribution in [2.75, 3.05) is 13.7 Å². The second-order valence-electron chi connectivity index (χ2n) is 4.24. The average Bonchev–Trinajstić information content (AvgIpc) is 2.32. The fraction of sp³-hybridized carbons (Fsp3) is 0.571. The maximum absolute atomic E-state index is 6.00. The molecule has 0 aliphatic rings. The highest BCUT2D eigenvalue weighted by atomic mass is 16.5. The van der Waals surface area contributed by atoms with Crippen LogP contribution in [0.3, 0.4) is 0 Å². The molecule has 0 aromatic heterocycles. The summed E-state index contributed by atoms with van der Waals surface area (Å²) in [5, 5.41) is 0. The molecule has 3 nitrogen and oxygen atoms in total. The third-order valence-corrected chi connectivity index (χ3v) is 2.88. The van der Waals surface area contributed by atoms with Crippen molar-refractivity contribution in [3.8, 4) is 11.5 Å². The molecule has 0 radical (unpaired) electrons. The smallest absolute Gasteiger partial charge is 0.123 e. The van der Waals surface area contributed by atoms with Gasteiger partial charge in [-0.3, -0.25) is 0 Å². The lowest BCUT2D eigenvalue weighted by molar-refractivity contribution is 0.333. The Labute approximate surface area is 104 Å². The van der Waals surface area contributed by atoms with E-state index in [0.717, 1.165) is 35.5 Å². The van der Waals surface area contributed by atoms with Crippen molar-refractivity contribution in [1.29, 1.82) is 0 Å². The topological polar surface area (TPSA) is 44.5 Å². The normalized spacial score (nSPS) is 12.3. The first-order valence-electron chi connectivity index (χ1n) is 6.18. The predicted molar refractivity (Wildman–Crippen MR) is 70.9 cm³/mol. The standard InChI is InChI=1S/C14H23NO2/c1-5-12(15)8-11-9-13(16-4)10(3)7-14(11)17-6-2/h7,9,12H,5-6,8,15H2,1-4H3. The van der Waals surface area contributed by atoms with Crippen molar-refractivity contribution in [3.63, 3.8) is 0 Å². The van der Waals surface area contributed by atoms with Crippen LogP contribution in [0.1, 0.15) is 31.4 Å². The quantitative estimate of drug-likeness (QED) is 0.827. The summed E-state index contributed by atoms with van der Waals surface area (Å²) in [7, 11) is 1.69.